The van der Waals surface area contributed by atoms with Crippen molar-refractivity contribution in [2.45, 2.75) is 82.7 Å². The first-order chi connectivity index (χ1) is 18.4. The molecule has 1 unspecified atom stereocenters. The molecule has 38 heavy (non-hydrogen) atoms. The Labute approximate surface area is 225 Å². The Morgan fingerprint density at radius 2 is 1.92 bits per heavy atom. The van der Waals surface area contributed by atoms with E-state index in [0.29, 0.717) is 48.1 Å². The number of rotatable bonds is 13. The van der Waals surface area contributed by atoms with Gasteiger partial charge in [-0.05, 0) is 51.9 Å². The van der Waals surface area contributed by atoms with Gasteiger partial charge >= 0.3 is 0 Å². The van der Waals surface area contributed by atoms with E-state index in [1.54, 1.807) is 13.3 Å². The number of carbonyl (C=O) groups is 2. The fourth-order valence-corrected chi connectivity index (χ4v) is 5.42. The number of ketones is 1. The molecule has 2 heterocycles. The van der Waals surface area contributed by atoms with Crippen LogP contribution in [0.5, 0.6) is 5.88 Å². The quantitative estimate of drug-likeness (QED) is 0.282. The van der Waals surface area contributed by atoms with E-state index in [-0.39, 0.29) is 11.9 Å². The number of para-hydroxylation sites is 1. The highest BCUT2D eigenvalue weighted by molar-refractivity contribution is 5.87. The highest BCUT2D eigenvalue weighted by atomic mass is 16.5. The van der Waals surface area contributed by atoms with Gasteiger partial charge < -0.3 is 14.5 Å². The summed E-state index contributed by atoms with van der Waals surface area (Å²) in [7, 11) is 5.55. The molecule has 1 fully saturated rings. The highest BCUT2D eigenvalue weighted by Crippen LogP contribution is 2.36. The van der Waals surface area contributed by atoms with Gasteiger partial charge in [0.2, 0.25) is 17.7 Å². The zero-order valence-electron chi connectivity index (χ0n) is 23.1. The van der Waals surface area contributed by atoms with Crippen molar-refractivity contribution >= 4 is 22.6 Å². The zero-order valence-corrected chi connectivity index (χ0v) is 23.1. The number of Topliss-reactive ketones (excluding diaryl/α,β-unsaturated/α-hetero) is 1. The van der Waals surface area contributed by atoms with Gasteiger partial charge in [-0.15, -0.1) is 0 Å². The van der Waals surface area contributed by atoms with Gasteiger partial charge in [-0.25, -0.2) is 9.97 Å². The largest absolute Gasteiger partial charge is 0.480 e. The maximum Gasteiger partial charge on any atom is 0.241 e. The van der Waals surface area contributed by atoms with Crippen LogP contribution in [0, 0.1) is 0 Å². The van der Waals surface area contributed by atoms with Crippen molar-refractivity contribution in [3.05, 3.63) is 42.4 Å². The van der Waals surface area contributed by atoms with Gasteiger partial charge in [-0.1, -0.05) is 50.8 Å². The van der Waals surface area contributed by atoms with Crippen LogP contribution in [0.3, 0.4) is 0 Å². The van der Waals surface area contributed by atoms with Crippen molar-refractivity contribution in [2.24, 2.45) is 0 Å². The number of pyridine rings is 1. The smallest absolute Gasteiger partial charge is 0.241 e. The van der Waals surface area contributed by atoms with E-state index < -0.39 is 5.54 Å². The summed E-state index contributed by atoms with van der Waals surface area (Å²) in [5, 5.41) is 4.25. The van der Waals surface area contributed by atoms with E-state index in [9.17, 15) is 9.59 Å². The molecular formula is C30H40N4O4. The standard InChI is InChI=1S/C30H40N4O4/c1-5-22(35)14-7-6-8-16-25(33-29(36)30(34(2)3)17-11-12-18-30)28-31-20-26(38-28)23-19-21-13-9-10-15-24(21)32-27(23)37-4/h9-10,13,15,19-20,25H,5-8,11-12,14,16-18H2,1-4H3,(H,33,36). The average Bonchev–Trinajstić information content (AvgIpc) is 3.62. The number of amides is 1. The Kier molecular flexibility index (Phi) is 9.15. The summed E-state index contributed by atoms with van der Waals surface area (Å²) in [4.78, 5) is 36.6. The predicted octanol–water partition coefficient (Wildman–Crippen LogP) is 5.86. The fourth-order valence-electron chi connectivity index (χ4n) is 5.42. The number of nitrogens with zero attached hydrogens (tertiary/aromatic N) is 3. The van der Waals surface area contributed by atoms with E-state index in [2.05, 4.69) is 20.2 Å². The van der Waals surface area contributed by atoms with E-state index in [0.717, 1.165) is 55.8 Å². The summed E-state index contributed by atoms with van der Waals surface area (Å²) in [6, 6.07) is 9.47. The molecule has 0 radical (unpaired) electrons. The predicted molar refractivity (Wildman–Crippen MR) is 148 cm³/mol. The molecule has 8 heteroatoms. The SMILES string of the molecule is CCC(=O)CCCCCC(NC(=O)C1(N(C)C)CCCC1)c1ncc(-c2cc3ccccc3nc2OC)o1. The van der Waals surface area contributed by atoms with Crippen LogP contribution in [0.2, 0.25) is 0 Å². The second kappa shape index (κ2) is 12.5. The molecule has 1 aliphatic carbocycles. The maximum atomic E-state index is 13.6. The molecule has 1 atom stereocenters. The molecule has 1 amide bonds. The number of carbonyl (C=O) groups excluding carboxylic acids is 2. The third-order valence-corrected chi connectivity index (χ3v) is 7.83. The van der Waals surface area contributed by atoms with E-state index in [4.69, 9.17) is 9.15 Å². The van der Waals surface area contributed by atoms with Crippen molar-refractivity contribution in [2.75, 3.05) is 21.2 Å². The van der Waals surface area contributed by atoms with Crippen molar-refractivity contribution in [1.82, 2.24) is 20.2 Å². The minimum atomic E-state index is -0.507. The van der Waals surface area contributed by atoms with Crippen molar-refractivity contribution in [1.29, 1.82) is 0 Å². The number of benzene rings is 1. The Bertz CT molecular complexity index is 1250. The second-order valence-electron chi connectivity index (χ2n) is 10.5. The lowest BCUT2D eigenvalue weighted by molar-refractivity contribution is -0.133. The summed E-state index contributed by atoms with van der Waals surface area (Å²) < 4.78 is 11.8. The number of hydrogen-bond acceptors (Lipinski definition) is 7. The summed E-state index contributed by atoms with van der Waals surface area (Å²) in [6.07, 6.45) is 9.94. The Balaban J connectivity index is 1.57. The van der Waals surface area contributed by atoms with Crippen LogP contribution in [0.25, 0.3) is 22.2 Å². The summed E-state index contributed by atoms with van der Waals surface area (Å²) in [5.41, 5.74) is 1.05. The number of oxazole rings is 1. The van der Waals surface area contributed by atoms with Crippen LogP contribution < -0.4 is 10.1 Å². The van der Waals surface area contributed by atoms with Crippen LogP contribution in [-0.2, 0) is 9.59 Å². The van der Waals surface area contributed by atoms with Crippen LogP contribution in [0.1, 0.15) is 83.1 Å². The molecule has 0 bridgehead atoms. The number of ether oxygens (including phenoxy) is 1. The molecule has 8 nitrogen and oxygen atoms in total. The first kappa shape index (κ1) is 27.8. The first-order valence-electron chi connectivity index (χ1n) is 13.8. The van der Waals surface area contributed by atoms with Gasteiger partial charge in [-0.3, -0.25) is 14.5 Å². The van der Waals surface area contributed by atoms with Crippen molar-refractivity contribution in [3.63, 3.8) is 0 Å². The van der Waals surface area contributed by atoms with Gasteiger partial charge in [0.25, 0.3) is 0 Å². The van der Waals surface area contributed by atoms with Crippen molar-refractivity contribution in [3.8, 4) is 17.2 Å². The summed E-state index contributed by atoms with van der Waals surface area (Å²) in [5.74, 6) is 1.80. The number of likely N-dealkylation sites (N-methyl/N-ethyl adjacent to an activating group) is 1. The molecule has 4 rings (SSSR count). The lowest BCUT2D eigenvalue weighted by Crippen LogP contribution is -2.55. The van der Waals surface area contributed by atoms with E-state index in [1.165, 1.54) is 0 Å². The second-order valence-corrected chi connectivity index (χ2v) is 10.5. The van der Waals surface area contributed by atoms with Gasteiger partial charge in [-0.2, -0.15) is 0 Å². The molecule has 1 aliphatic rings. The average molecular weight is 521 g/mol. The van der Waals surface area contributed by atoms with Gasteiger partial charge in [0.05, 0.1) is 29.9 Å². The van der Waals surface area contributed by atoms with Crippen LogP contribution >= 0.6 is 0 Å². The maximum absolute atomic E-state index is 13.6. The molecule has 0 aliphatic heterocycles. The molecule has 1 saturated carbocycles. The summed E-state index contributed by atoms with van der Waals surface area (Å²) in [6.45, 7) is 1.90. The topological polar surface area (TPSA) is 97.6 Å². The van der Waals surface area contributed by atoms with E-state index in [1.807, 2.05) is 51.4 Å². The van der Waals surface area contributed by atoms with E-state index >= 15 is 0 Å². The number of nitrogens with one attached hydrogen (secondary N) is 1. The molecule has 1 aromatic carbocycles. The Hall–Kier alpha value is -3.26. The number of hydrogen-bond donors (Lipinski definition) is 1. The van der Waals surface area contributed by atoms with Gasteiger partial charge in [0.15, 0.2) is 5.76 Å². The first-order valence-corrected chi connectivity index (χ1v) is 13.8. The number of fused-ring (bicyclic) bond motifs is 1. The lowest BCUT2D eigenvalue weighted by atomic mass is 9.94. The third kappa shape index (κ3) is 6.07. The Morgan fingerprint density at radius 1 is 1.16 bits per heavy atom. The van der Waals surface area contributed by atoms with Crippen LogP contribution in [0.4, 0.5) is 0 Å². The number of unbranched alkanes of at least 4 members (excludes halogenated alkanes) is 2. The molecule has 3 aromatic rings. The van der Waals surface area contributed by atoms with Crippen LogP contribution in [-0.4, -0.2) is 53.3 Å². The molecular weight excluding hydrogens is 480 g/mol. The minimum Gasteiger partial charge on any atom is -0.480 e. The lowest BCUT2D eigenvalue weighted by Gasteiger charge is -2.35. The zero-order chi connectivity index (χ0) is 27.1. The monoisotopic (exact) mass is 520 g/mol. The fraction of sp³-hybridized carbons (Fsp3) is 0.533. The molecule has 2 aromatic heterocycles. The summed E-state index contributed by atoms with van der Waals surface area (Å²) >= 11 is 0. The molecule has 1 N–H and O–H groups in total. The molecule has 204 valence electrons. The molecule has 0 spiro atoms. The van der Waals surface area contributed by atoms with Crippen molar-refractivity contribution < 1.29 is 18.7 Å². The normalized spacial score (nSPS) is 15.6. The molecule has 0 saturated heterocycles. The number of methoxy groups -OCH3 is 1. The van der Waals surface area contributed by atoms with Crippen LogP contribution in [0.15, 0.2) is 40.9 Å². The van der Waals surface area contributed by atoms with Gasteiger partial charge in [0, 0.05) is 18.2 Å². The Morgan fingerprint density at radius 3 is 2.63 bits per heavy atom. The van der Waals surface area contributed by atoms with Gasteiger partial charge in [0.1, 0.15) is 11.8 Å². The highest BCUT2D eigenvalue weighted by Gasteiger charge is 2.44. The minimum absolute atomic E-state index is 0.0239. The third-order valence-electron chi connectivity index (χ3n) is 7.83. The number of aromatic nitrogens is 2.